The number of aromatic nitrogens is 2. The number of rotatable bonds is 3. The number of hydrogen-bond donors (Lipinski definition) is 1. The Morgan fingerprint density at radius 2 is 2.06 bits per heavy atom. The van der Waals surface area contributed by atoms with Crippen LogP contribution in [-0.2, 0) is 6.42 Å². The summed E-state index contributed by atoms with van der Waals surface area (Å²) in [6, 6.07) is 9.61. The van der Waals surface area contributed by atoms with Crippen LogP contribution < -0.4 is 5.32 Å². The monoisotopic (exact) mass is 311 g/mol. The van der Waals surface area contributed by atoms with Gasteiger partial charge in [0.1, 0.15) is 0 Å². The van der Waals surface area contributed by atoms with Gasteiger partial charge in [-0.25, -0.2) is 0 Å². The molecule has 0 saturated heterocycles. The molecule has 0 radical (unpaired) electrons. The molecule has 5 heteroatoms. The van der Waals surface area contributed by atoms with Crippen molar-refractivity contribution >= 4 is 39.0 Å². The highest BCUT2D eigenvalue weighted by atomic mass is 79.9. The molecule has 0 bridgehead atoms. The second kappa shape index (κ2) is 5.47. The molecule has 0 fully saturated rings. The molecule has 1 heterocycles. The van der Waals surface area contributed by atoms with Gasteiger partial charge < -0.3 is 5.32 Å². The third-order valence-corrected chi connectivity index (χ3v) is 3.04. The molecule has 2 rings (SSSR count). The number of aryl methyl sites for hydroxylation is 1. The minimum atomic E-state index is 0.391. The minimum absolute atomic E-state index is 0.391. The normalized spacial score (nSPS) is 10.3. The molecule has 0 amide bonds. The lowest BCUT2D eigenvalue weighted by Gasteiger charge is -2.10. The van der Waals surface area contributed by atoms with Crippen molar-refractivity contribution in [2.75, 3.05) is 5.32 Å². The number of hydrogen-bond acceptors (Lipinski definition) is 3. The number of anilines is 2. The Hall–Kier alpha value is -1.13. The van der Waals surface area contributed by atoms with E-state index < -0.39 is 0 Å². The van der Waals surface area contributed by atoms with E-state index in [1.165, 1.54) is 5.56 Å². The Morgan fingerprint density at radius 1 is 1.24 bits per heavy atom. The number of nitrogens with one attached hydrogen (secondary N) is 1. The second-order valence-electron chi connectivity index (χ2n) is 3.52. The van der Waals surface area contributed by atoms with E-state index in [0.29, 0.717) is 11.0 Å². The Balaban J connectivity index is 2.26. The fourth-order valence-electron chi connectivity index (χ4n) is 1.50. The first-order chi connectivity index (χ1) is 8.19. The van der Waals surface area contributed by atoms with Gasteiger partial charge in [0.2, 0.25) is 0 Å². The van der Waals surface area contributed by atoms with Gasteiger partial charge in [-0.05, 0) is 42.3 Å². The average Bonchev–Trinajstić information content (AvgIpc) is 2.34. The third-order valence-electron chi connectivity index (χ3n) is 2.34. The van der Waals surface area contributed by atoms with Crippen LogP contribution in [0.3, 0.4) is 0 Å². The zero-order valence-electron chi connectivity index (χ0n) is 9.24. The summed E-state index contributed by atoms with van der Waals surface area (Å²) >= 11 is 9.15. The topological polar surface area (TPSA) is 37.8 Å². The van der Waals surface area contributed by atoms with E-state index in [4.69, 9.17) is 11.6 Å². The van der Waals surface area contributed by atoms with Gasteiger partial charge in [-0.3, -0.25) is 0 Å². The van der Waals surface area contributed by atoms with Crippen molar-refractivity contribution in [1.82, 2.24) is 10.2 Å². The fraction of sp³-hybridized carbons (Fsp3) is 0.167. The summed E-state index contributed by atoms with van der Waals surface area (Å²) in [5, 5.41) is 11.4. The van der Waals surface area contributed by atoms with E-state index in [1.54, 1.807) is 12.1 Å². The highest BCUT2D eigenvalue weighted by Gasteiger charge is 2.03. The van der Waals surface area contributed by atoms with Gasteiger partial charge in [-0.1, -0.05) is 34.5 Å². The number of nitrogens with zero attached hydrogens (tertiary/aromatic N) is 2. The molecule has 0 spiro atoms. The van der Waals surface area contributed by atoms with E-state index in [9.17, 15) is 0 Å². The van der Waals surface area contributed by atoms with Crippen LogP contribution in [-0.4, -0.2) is 10.2 Å². The molecule has 1 aromatic heterocycles. The van der Waals surface area contributed by atoms with Crippen molar-refractivity contribution in [3.63, 3.8) is 0 Å². The fourth-order valence-corrected chi connectivity index (χ4v) is 2.01. The molecule has 0 aliphatic carbocycles. The molecule has 17 heavy (non-hydrogen) atoms. The Labute approximate surface area is 113 Å². The summed E-state index contributed by atoms with van der Waals surface area (Å²) in [6.45, 7) is 2.11. The van der Waals surface area contributed by atoms with E-state index in [2.05, 4.69) is 44.4 Å². The molecule has 88 valence electrons. The first kappa shape index (κ1) is 12.3. The van der Waals surface area contributed by atoms with Gasteiger partial charge in [0.05, 0.1) is 0 Å². The lowest BCUT2D eigenvalue weighted by Crippen LogP contribution is -1.98. The summed E-state index contributed by atoms with van der Waals surface area (Å²) in [4.78, 5) is 0. The molecular weight excluding hydrogens is 302 g/mol. The smallest absolute Gasteiger partial charge is 0.153 e. The van der Waals surface area contributed by atoms with Crippen LogP contribution in [0.15, 0.2) is 34.8 Å². The van der Waals surface area contributed by atoms with Crippen LogP contribution >= 0.6 is 27.5 Å². The Morgan fingerprint density at radius 3 is 2.71 bits per heavy atom. The Kier molecular flexibility index (Phi) is 3.97. The second-order valence-corrected chi connectivity index (χ2v) is 4.82. The average molecular weight is 313 g/mol. The van der Waals surface area contributed by atoms with E-state index in [-0.39, 0.29) is 0 Å². The highest BCUT2D eigenvalue weighted by Crippen LogP contribution is 2.24. The van der Waals surface area contributed by atoms with E-state index >= 15 is 0 Å². The van der Waals surface area contributed by atoms with E-state index in [0.717, 1.165) is 16.6 Å². The van der Waals surface area contributed by atoms with Crippen molar-refractivity contribution < 1.29 is 0 Å². The van der Waals surface area contributed by atoms with Gasteiger partial charge >= 0.3 is 0 Å². The van der Waals surface area contributed by atoms with Crippen LogP contribution in [0.5, 0.6) is 0 Å². The lowest BCUT2D eigenvalue weighted by molar-refractivity contribution is 1.03. The van der Waals surface area contributed by atoms with E-state index in [1.807, 2.05) is 12.1 Å². The molecule has 0 aliphatic rings. The summed E-state index contributed by atoms with van der Waals surface area (Å²) in [7, 11) is 0. The lowest BCUT2D eigenvalue weighted by atomic mass is 10.1. The van der Waals surface area contributed by atoms with Crippen molar-refractivity contribution in [1.29, 1.82) is 0 Å². The maximum Gasteiger partial charge on any atom is 0.153 e. The predicted molar refractivity (Wildman–Crippen MR) is 73.8 cm³/mol. The maximum atomic E-state index is 5.69. The van der Waals surface area contributed by atoms with Gasteiger partial charge in [0, 0.05) is 10.2 Å². The van der Waals surface area contributed by atoms with Crippen LogP contribution in [0.4, 0.5) is 11.5 Å². The third kappa shape index (κ3) is 3.17. The molecule has 0 unspecified atom stereocenters. The number of halogens is 2. The molecule has 0 aliphatic heterocycles. The predicted octanol–water partition coefficient (Wildman–Crippen LogP) is 4.20. The number of benzene rings is 1. The highest BCUT2D eigenvalue weighted by molar-refractivity contribution is 9.10. The molecule has 3 nitrogen and oxygen atoms in total. The molecule has 0 atom stereocenters. The SMILES string of the molecule is CCc1cc(Br)ccc1Nc1ccc(Cl)nn1. The molecular formula is C12H11BrClN3. The summed E-state index contributed by atoms with van der Waals surface area (Å²) in [6.07, 6.45) is 0.947. The largest absolute Gasteiger partial charge is 0.339 e. The standard InChI is InChI=1S/C12H11BrClN3/c1-2-8-7-9(13)3-4-10(8)15-12-6-5-11(14)16-17-12/h3-7H,2H2,1H3,(H,15,17). The zero-order valence-corrected chi connectivity index (χ0v) is 11.6. The summed E-state index contributed by atoms with van der Waals surface area (Å²) in [5.41, 5.74) is 2.25. The van der Waals surface area contributed by atoms with Crippen molar-refractivity contribution in [2.45, 2.75) is 13.3 Å². The maximum absolute atomic E-state index is 5.69. The zero-order chi connectivity index (χ0) is 12.3. The summed E-state index contributed by atoms with van der Waals surface area (Å²) in [5.74, 6) is 0.687. The first-order valence-corrected chi connectivity index (χ1v) is 6.41. The van der Waals surface area contributed by atoms with Crippen LogP contribution in [0.1, 0.15) is 12.5 Å². The van der Waals surface area contributed by atoms with Gasteiger partial charge in [-0.15, -0.1) is 10.2 Å². The molecule has 2 aromatic rings. The van der Waals surface area contributed by atoms with Crippen LogP contribution in [0, 0.1) is 0 Å². The first-order valence-electron chi connectivity index (χ1n) is 5.23. The summed E-state index contributed by atoms with van der Waals surface area (Å²) < 4.78 is 1.07. The molecule has 1 aromatic carbocycles. The van der Waals surface area contributed by atoms with Gasteiger partial charge in [-0.2, -0.15) is 0 Å². The van der Waals surface area contributed by atoms with Gasteiger partial charge in [0.15, 0.2) is 11.0 Å². The molecule has 0 saturated carbocycles. The van der Waals surface area contributed by atoms with Crippen LogP contribution in [0.2, 0.25) is 5.15 Å². The quantitative estimate of drug-likeness (QED) is 0.923. The van der Waals surface area contributed by atoms with Crippen molar-refractivity contribution in [2.24, 2.45) is 0 Å². The van der Waals surface area contributed by atoms with Crippen molar-refractivity contribution in [3.8, 4) is 0 Å². The van der Waals surface area contributed by atoms with Crippen molar-refractivity contribution in [3.05, 3.63) is 45.5 Å². The minimum Gasteiger partial charge on any atom is -0.339 e. The van der Waals surface area contributed by atoms with Gasteiger partial charge in [0.25, 0.3) is 0 Å². The Bertz CT molecular complexity index is 514. The molecule has 1 N–H and O–H groups in total. The van der Waals surface area contributed by atoms with Crippen LogP contribution in [0.25, 0.3) is 0 Å².